The van der Waals surface area contributed by atoms with Gasteiger partial charge < -0.3 is 9.84 Å². The Kier molecular flexibility index (Phi) is 3.52. The van der Waals surface area contributed by atoms with Gasteiger partial charge in [0.05, 0.1) is 6.61 Å². The van der Waals surface area contributed by atoms with E-state index in [9.17, 15) is 5.11 Å². The van der Waals surface area contributed by atoms with Crippen LogP contribution >= 0.6 is 27.5 Å². The minimum atomic E-state index is -0.695. The van der Waals surface area contributed by atoms with Gasteiger partial charge in [-0.3, -0.25) is 0 Å². The van der Waals surface area contributed by atoms with Gasteiger partial charge in [0.25, 0.3) is 0 Å². The molecule has 0 fully saturated rings. The van der Waals surface area contributed by atoms with E-state index >= 15 is 0 Å². The maximum Gasteiger partial charge on any atom is 0.122 e. The summed E-state index contributed by atoms with van der Waals surface area (Å²) in [5.41, 5.74) is 2.77. The number of halogens is 2. The Labute approximate surface area is 125 Å². The number of fused-ring (bicyclic) bond motifs is 1. The molecule has 0 aromatic heterocycles. The molecule has 2 aromatic carbocycles. The third-order valence-corrected chi connectivity index (χ3v) is 4.24. The zero-order valence-corrected chi connectivity index (χ0v) is 12.4. The van der Waals surface area contributed by atoms with E-state index in [1.807, 2.05) is 24.3 Å². The summed E-state index contributed by atoms with van der Waals surface area (Å²) in [6.07, 6.45) is 0.200. The largest absolute Gasteiger partial charge is 0.493 e. The summed E-state index contributed by atoms with van der Waals surface area (Å²) in [6, 6.07) is 11.2. The van der Waals surface area contributed by atoms with Crippen molar-refractivity contribution >= 4 is 27.5 Å². The molecule has 0 spiro atoms. The van der Waals surface area contributed by atoms with Crippen molar-refractivity contribution in [1.82, 2.24) is 0 Å². The van der Waals surface area contributed by atoms with Crippen LogP contribution < -0.4 is 4.74 Å². The predicted octanol–water partition coefficient (Wildman–Crippen LogP) is 4.12. The van der Waals surface area contributed by atoms with Gasteiger partial charge in [0.2, 0.25) is 0 Å². The topological polar surface area (TPSA) is 29.5 Å². The minimum Gasteiger partial charge on any atom is -0.493 e. The molecule has 2 nitrogen and oxygen atoms in total. The summed E-state index contributed by atoms with van der Waals surface area (Å²) in [4.78, 5) is 0. The first-order chi connectivity index (χ1) is 9.15. The normalized spacial score (nSPS) is 14.9. The standard InChI is InChI=1S/C15H12BrClO2/c16-13-3-2-11(17)8-12(13)15(18)10-1-4-14-9(7-10)5-6-19-14/h1-4,7-8,15,18H,5-6H2. The van der Waals surface area contributed by atoms with Crippen LogP contribution in [0.4, 0.5) is 0 Å². The summed E-state index contributed by atoms with van der Waals surface area (Å²) < 4.78 is 6.32. The molecule has 0 radical (unpaired) electrons. The number of aliphatic hydroxyl groups excluding tert-OH is 1. The Bertz CT molecular complexity index is 628. The smallest absolute Gasteiger partial charge is 0.122 e. The van der Waals surface area contributed by atoms with Crippen molar-refractivity contribution in [3.63, 3.8) is 0 Å². The Morgan fingerprint density at radius 1 is 1.21 bits per heavy atom. The zero-order valence-electron chi connectivity index (χ0n) is 10.1. The molecule has 4 heteroatoms. The fourth-order valence-electron chi connectivity index (χ4n) is 2.28. The highest BCUT2D eigenvalue weighted by Crippen LogP contribution is 2.34. The molecule has 1 unspecified atom stereocenters. The van der Waals surface area contributed by atoms with E-state index < -0.39 is 6.10 Å². The van der Waals surface area contributed by atoms with Gasteiger partial charge in [-0.2, -0.15) is 0 Å². The van der Waals surface area contributed by atoms with Crippen molar-refractivity contribution in [2.45, 2.75) is 12.5 Å². The van der Waals surface area contributed by atoms with Gasteiger partial charge in [-0.1, -0.05) is 33.6 Å². The van der Waals surface area contributed by atoms with Crippen LogP contribution in [0.2, 0.25) is 5.02 Å². The van der Waals surface area contributed by atoms with Gasteiger partial charge in [0, 0.05) is 21.5 Å². The van der Waals surface area contributed by atoms with E-state index in [0.717, 1.165) is 39.9 Å². The number of benzene rings is 2. The lowest BCUT2D eigenvalue weighted by Crippen LogP contribution is -2.01. The van der Waals surface area contributed by atoms with Crippen LogP contribution in [0, 0.1) is 0 Å². The van der Waals surface area contributed by atoms with Gasteiger partial charge >= 0.3 is 0 Å². The predicted molar refractivity (Wildman–Crippen MR) is 78.9 cm³/mol. The molecule has 0 bridgehead atoms. The third kappa shape index (κ3) is 2.50. The van der Waals surface area contributed by atoms with Crippen LogP contribution in [-0.4, -0.2) is 11.7 Å². The number of hydrogen-bond donors (Lipinski definition) is 1. The Balaban J connectivity index is 1.99. The third-order valence-electron chi connectivity index (χ3n) is 3.28. The second-order valence-electron chi connectivity index (χ2n) is 4.53. The molecule has 1 aliphatic rings. The summed E-state index contributed by atoms with van der Waals surface area (Å²) >= 11 is 9.44. The van der Waals surface area contributed by atoms with Gasteiger partial charge in [0.15, 0.2) is 0 Å². The highest BCUT2D eigenvalue weighted by molar-refractivity contribution is 9.10. The number of rotatable bonds is 2. The molecular weight excluding hydrogens is 328 g/mol. The molecule has 1 N–H and O–H groups in total. The summed E-state index contributed by atoms with van der Waals surface area (Å²) in [7, 11) is 0. The maximum atomic E-state index is 10.5. The van der Waals surface area contributed by atoms with Crippen molar-refractivity contribution in [2.24, 2.45) is 0 Å². The first-order valence-electron chi connectivity index (χ1n) is 6.04. The molecule has 0 saturated heterocycles. The highest BCUT2D eigenvalue weighted by atomic mass is 79.9. The van der Waals surface area contributed by atoms with Crippen molar-refractivity contribution in [3.8, 4) is 5.75 Å². The first kappa shape index (κ1) is 13.0. The minimum absolute atomic E-state index is 0.613. The van der Waals surface area contributed by atoms with Crippen molar-refractivity contribution < 1.29 is 9.84 Å². The van der Waals surface area contributed by atoms with Gasteiger partial charge in [-0.25, -0.2) is 0 Å². The number of aliphatic hydroxyl groups is 1. The van der Waals surface area contributed by atoms with Crippen molar-refractivity contribution in [3.05, 3.63) is 62.6 Å². The van der Waals surface area contributed by atoms with E-state index in [1.54, 1.807) is 12.1 Å². The SMILES string of the molecule is OC(c1ccc2c(c1)CCO2)c1cc(Cl)ccc1Br. The average Bonchev–Trinajstić information content (AvgIpc) is 2.88. The molecule has 1 aliphatic heterocycles. The molecule has 2 aromatic rings. The van der Waals surface area contributed by atoms with Crippen LogP contribution in [0.5, 0.6) is 5.75 Å². The second kappa shape index (κ2) is 5.16. The zero-order chi connectivity index (χ0) is 13.4. The van der Waals surface area contributed by atoms with E-state index in [0.29, 0.717) is 5.02 Å². The molecule has 1 atom stereocenters. The van der Waals surface area contributed by atoms with Gasteiger partial charge in [-0.15, -0.1) is 0 Å². The molecule has 3 rings (SSSR count). The number of hydrogen-bond acceptors (Lipinski definition) is 2. The van der Waals surface area contributed by atoms with Crippen LogP contribution in [0.15, 0.2) is 40.9 Å². The van der Waals surface area contributed by atoms with Crippen LogP contribution in [0.25, 0.3) is 0 Å². The quantitative estimate of drug-likeness (QED) is 0.892. The molecule has 0 aliphatic carbocycles. The highest BCUT2D eigenvalue weighted by Gasteiger charge is 2.18. The monoisotopic (exact) mass is 338 g/mol. The van der Waals surface area contributed by atoms with Crippen LogP contribution in [-0.2, 0) is 6.42 Å². The number of ether oxygens (including phenoxy) is 1. The Hall–Kier alpha value is -1.03. The Morgan fingerprint density at radius 2 is 2.05 bits per heavy atom. The first-order valence-corrected chi connectivity index (χ1v) is 7.21. The second-order valence-corrected chi connectivity index (χ2v) is 5.82. The van der Waals surface area contributed by atoms with Crippen LogP contribution in [0.1, 0.15) is 22.8 Å². The van der Waals surface area contributed by atoms with E-state index in [2.05, 4.69) is 15.9 Å². The molecule has 0 amide bonds. The lowest BCUT2D eigenvalue weighted by molar-refractivity contribution is 0.219. The molecular formula is C15H12BrClO2. The lowest BCUT2D eigenvalue weighted by atomic mass is 9.99. The van der Waals surface area contributed by atoms with Crippen molar-refractivity contribution in [2.75, 3.05) is 6.61 Å². The molecule has 1 heterocycles. The van der Waals surface area contributed by atoms with Gasteiger partial charge in [-0.05, 0) is 41.5 Å². The van der Waals surface area contributed by atoms with E-state index in [1.165, 1.54) is 0 Å². The average molecular weight is 340 g/mol. The van der Waals surface area contributed by atoms with Gasteiger partial charge in [0.1, 0.15) is 11.9 Å². The Morgan fingerprint density at radius 3 is 2.89 bits per heavy atom. The fraction of sp³-hybridized carbons (Fsp3) is 0.200. The fourth-order valence-corrected chi connectivity index (χ4v) is 2.92. The molecule has 98 valence electrons. The van der Waals surface area contributed by atoms with E-state index in [4.69, 9.17) is 16.3 Å². The lowest BCUT2D eigenvalue weighted by Gasteiger charge is -2.14. The molecule has 19 heavy (non-hydrogen) atoms. The maximum absolute atomic E-state index is 10.5. The van der Waals surface area contributed by atoms with E-state index in [-0.39, 0.29) is 0 Å². The summed E-state index contributed by atoms with van der Waals surface area (Å²) in [6.45, 7) is 0.718. The molecule has 0 saturated carbocycles. The van der Waals surface area contributed by atoms with Crippen molar-refractivity contribution in [1.29, 1.82) is 0 Å². The van der Waals surface area contributed by atoms with Crippen LogP contribution in [0.3, 0.4) is 0 Å². The summed E-state index contributed by atoms with van der Waals surface area (Å²) in [5.74, 6) is 0.918. The summed E-state index contributed by atoms with van der Waals surface area (Å²) in [5, 5.41) is 11.1.